The summed E-state index contributed by atoms with van der Waals surface area (Å²) in [5.41, 5.74) is 0. The normalized spacial score (nSPS) is 34.7. The molecule has 0 aromatic rings. The fourth-order valence-electron chi connectivity index (χ4n) is 0.998. The van der Waals surface area contributed by atoms with Crippen molar-refractivity contribution in [2.45, 2.75) is 19.5 Å². The zero-order valence-corrected chi connectivity index (χ0v) is 5.36. The second kappa shape index (κ2) is 2.33. The van der Waals surface area contributed by atoms with Crippen LogP contribution in [0.4, 0.5) is 4.39 Å². The third kappa shape index (κ3) is 1.04. The van der Waals surface area contributed by atoms with E-state index in [1.807, 2.05) is 6.92 Å². The molecule has 2 atom stereocenters. The Hall–Kier alpha value is -0.600. The maximum absolute atomic E-state index is 12.6. The molecular weight excluding hydrogens is 121 g/mol. The minimum atomic E-state index is -1.25. The van der Waals surface area contributed by atoms with E-state index < -0.39 is 12.1 Å². The Morgan fingerprint density at radius 1 is 1.89 bits per heavy atom. The molecule has 9 heavy (non-hydrogen) atoms. The van der Waals surface area contributed by atoms with Crippen molar-refractivity contribution in [1.82, 2.24) is 5.32 Å². The molecular formula is C6H10FNO. The van der Waals surface area contributed by atoms with Crippen molar-refractivity contribution in [2.75, 3.05) is 6.54 Å². The Morgan fingerprint density at radius 2 is 2.56 bits per heavy atom. The Balaban J connectivity index is 2.51. The lowest BCUT2D eigenvalue weighted by Gasteiger charge is -2.03. The first-order valence-corrected chi connectivity index (χ1v) is 3.17. The van der Waals surface area contributed by atoms with Crippen LogP contribution in [-0.4, -0.2) is 18.6 Å². The van der Waals surface area contributed by atoms with Gasteiger partial charge in [-0.2, -0.15) is 0 Å². The maximum Gasteiger partial charge on any atom is 0.254 e. The minimum Gasteiger partial charge on any atom is -0.353 e. The predicted molar refractivity (Wildman–Crippen MR) is 31.7 cm³/mol. The molecule has 0 bridgehead atoms. The summed E-state index contributed by atoms with van der Waals surface area (Å²) in [6.07, 6.45) is -0.519. The molecule has 0 aliphatic carbocycles. The van der Waals surface area contributed by atoms with Gasteiger partial charge in [0.15, 0.2) is 6.17 Å². The van der Waals surface area contributed by atoms with Gasteiger partial charge in [0.25, 0.3) is 5.91 Å². The number of nitrogens with one attached hydrogen (secondary N) is 1. The van der Waals surface area contributed by atoms with Gasteiger partial charge in [0.2, 0.25) is 0 Å². The fourth-order valence-corrected chi connectivity index (χ4v) is 0.998. The summed E-state index contributed by atoms with van der Waals surface area (Å²) in [5.74, 6) is -0.528. The van der Waals surface area contributed by atoms with Crippen LogP contribution in [0.3, 0.4) is 0 Å². The first-order valence-electron chi connectivity index (χ1n) is 3.17. The molecule has 1 aliphatic heterocycles. The highest BCUT2D eigenvalue weighted by Crippen LogP contribution is 2.16. The van der Waals surface area contributed by atoms with Crippen molar-refractivity contribution in [3.8, 4) is 0 Å². The van der Waals surface area contributed by atoms with E-state index in [9.17, 15) is 9.18 Å². The van der Waals surface area contributed by atoms with E-state index in [2.05, 4.69) is 5.32 Å². The molecule has 0 saturated carbocycles. The summed E-state index contributed by atoms with van der Waals surface area (Å²) in [6, 6.07) is 0. The summed E-state index contributed by atoms with van der Waals surface area (Å²) >= 11 is 0. The van der Waals surface area contributed by atoms with E-state index in [4.69, 9.17) is 0 Å². The van der Waals surface area contributed by atoms with E-state index in [1.54, 1.807) is 0 Å². The highest BCUT2D eigenvalue weighted by Gasteiger charge is 2.32. The number of alkyl halides is 1. The van der Waals surface area contributed by atoms with Crippen molar-refractivity contribution >= 4 is 5.91 Å². The molecule has 1 amide bonds. The van der Waals surface area contributed by atoms with Crippen LogP contribution in [0.2, 0.25) is 0 Å². The van der Waals surface area contributed by atoms with Gasteiger partial charge in [0.1, 0.15) is 0 Å². The van der Waals surface area contributed by atoms with Crippen LogP contribution in [0, 0.1) is 5.92 Å². The van der Waals surface area contributed by atoms with Crippen molar-refractivity contribution < 1.29 is 9.18 Å². The Kier molecular flexibility index (Phi) is 1.69. The first-order chi connectivity index (χ1) is 4.25. The Bertz CT molecular complexity index is 126. The summed E-state index contributed by atoms with van der Waals surface area (Å²) in [7, 11) is 0. The van der Waals surface area contributed by atoms with Gasteiger partial charge in [0, 0.05) is 12.5 Å². The number of amides is 1. The number of rotatable bonds is 1. The number of carbonyl (C=O) groups is 1. The van der Waals surface area contributed by atoms with Crippen molar-refractivity contribution in [3.05, 3.63) is 0 Å². The van der Waals surface area contributed by atoms with E-state index in [1.165, 1.54) is 0 Å². The zero-order chi connectivity index (χ0) is 6.85. The molecule has 0 aromatic heterocycles. The number of hydrogen-bond donors (Lipinski definition) is 1. The average molecular weight is 131 g/mol. The fraction of sp³-hybridized carbons (Fsp3) is 0.833. The first kappa shape index (κ1) is 6.52. The molecule has 1 N–H and O–H groups in total. The SMILES string of the molecule is CC[C@H]1CNC(=O)[C@@H]1F. The highest BCUT2D eigenvalue weighted by atomic mass is 19.1. The maximum atomic E-state index is 12.6. The highest BCUT2D eigenvalue weighted by molar-refractivity contribution is 5.83. The monoisotopic (exact) mass is 131 g/mol. The summed E-state index contributed by atoms with van der Waals surface area (Å²) < 4.78 is 12.6. The van der Waals surface area contributed by atoms with E-state index in [-0.39, 0.29) is 5.92 Å². The van der Waals surface area contributed by atoms with Gasteiger partial charge in [-0.05, 0) is 6.42 Å². The third-order valence-electron chi connectivity index (χ3n) is 1.73. The van der Waals surface area contributed by atoms with Gasteiger partial charge >= 0.3 is 0 Å². The molecule has 0 unspecified atom stereocenters. The van der Waals surface area contributed by atoms with Crippen LogP contribution in [0.25, 0.3) is 0 Å². The Labute approximate surface area is 53.4 Å². The molecule has 0 spiro atoms. The van der Waals surface area contributed by atoms with Crippen molar-refractivity contribution in [2.24, 2.45) is 5.92 Å². The van der Waals surface area contributed by atoms with Crippen LogP contribution in [0.1, 0.15) is 13.3 Å². The van der Waals surface area contributed by atoms with Crippen LogP contribution < -0.4 is 5.32 Å². The second-order valence-electron chi connectivity index (χ2n) is 2.32. The van der Waals surface area contributed by atoms with Crippen LogP contribution in [-0.2, 0) is 4.79 Å². The van der Waals surface area contributed by atoms with Gasteiger partial charge in [-0.1, -0.05) is 6.92 Å². The quantitative estimate of drug-likeness (QED) is 0.551. The topological polar surface area (TPSA) is 29.1 Å². The lowest BCUT2D eigenvalue weighted by Crippen LogP contribution is -2.20. The molecule has 52 valence electrons. The number of halogens is 1. The molecule has 0 aromatic carbocycles. The largest absolute Gasteiger partial charge is 0.353 e. The third-order valence-corrected chi connectivity index (χ3v) is 1.73. The molecule has 1 heterocycles. The van der Waals surface area contributed by atoms with E-state index in [0.29, 0.717) is 6.54 Å². The van der Waals surface area contributed by atoms with Gasteiger partial charge < -0.3 is 5.32 Å². The predicted octanol–water partition coefficient (Wildman–Crippen LogP) is 0.480. The smallest absolute Gasteiger partial charge is 0.254 e. The summed E-state index contributed by atoms with van der Waals surface area (Å²) in [4.78, 5) is 10.5. The van der Waals surface area contributed by atoms with Gasteiger partial charge in [-0.25, -0.2) is 4.39 Å². The molecule has 0 radical (unpaired) electrons. The van der Waals surface area contributed by atoms with E-state index >= 15 is 0 Å². The van der Waals surface area contributed by atoms with Crippen molar-refractivity contribution in [1.29, 1.82) is 0 Å². The Morgan fingerprint density at radius 3 is 2.78 bits per heavy atom. The lowest BCUT2D eigenvalue weighted by atomic mass is 10.1. The molecule has 1 aliphatic rings. The second-order valence-corrected chi connectivity index (χ2v) is 2.32. The summed E-state index contributed by atoms with van der Waals surface area (Å²) in [6.45, 7) is 2.40. The standard InChI is InChI=1S/C6H10FNO/c1-2-4-3-8-6(9)5(4)7/h4-5H,2-3H2,1H3,(H,8,9)/t4-,5+/m0/s1. The van der Waals surface area contributed by atoms with Crippen LogP contribution in [0.5, 0.6) is 0 Å². The molecule has 1 rings (SSSR count). The minimum absolute atomic E-state index is 0.0856. The molecule has 3 heteroatoms. The van der Waals surface area contributed by atoms with E-state index in [0.717, 1.165) is 6.42 Å². The van der Waals surface area contributed by atoms with Gasteiger partial charge in [0.05, 0.1) is 0 Å². The summed E-state index contributed by atoms with van der Waals surface area (Å²) in [5, 5.41) is 2.46. The zero-order valence-electron chi connectivity index (χ0n) is 5.36. The van der Waals surface area contributed by atoms with Gasteiger partial charge in [-0.3, -0.25) is 4.79 Å². The molecule has 1 saturated heterocycles. The number of carbonyl (C=O) groups excluding carboxylic acids is 1. The van der Waals surface area contributed by atoms with Crippen LogP contribution in [0.15, 0.2) is 0 Å². The number of hydrogen-bond acceptors (Lipinski definition) is 1. The molecule has 1 fully saturated rings. The van der Waals surface area contributed by atoms with Gasteiger partial charge in [-0.15, -0.1) is 0 Å². The molecule has 2 nitrogen and oxygen atoms in total. The lowest BCUT2D eigenvalue weighted by molar-refractivity contribution is -0.123. The van der Waals surface area contributed by atoms with Crippen LogP contribution >= 0.6 is 0 Å². The van der Waals surface area contributed by atoms with Crippen molar-refractivity contribution in [3.63, 3.8) is 0 Å². The average Bonchev–Trinajstić information content (AvgIpc) is 2.15.